The molecular formula is C14H9Cl2N5OS. The van der Waals surface area contributed by atoms with Crippen LogP contribution < -0.4 is 10.6 Å². The van der Waals surface area contributed by atoms with Gasteiger partial charge in [0.15, 0.2) is 0 Å². The Labute approximate surface area is 145 Å². The fraction of sp³-hybridized carbons (Fsp3) is 0. The van der Waals surface area contributed by atoms with Gasteiger partial charge in [0.2, 0.25) is 5.96 Å². The lowest BCUT2D eigenvalue weighted by Crippen LogP contribution is -2.23. The monoisotopic (exact) mass is 365 g/mol. The number of halogens is 2. The van der Waals surface area contributed by atoms with Gasteiger partial charge in [0.25, 0.3) is 0 Å². The number of phenolic OH excluding ortho intramolecular Hbond substituents is 1. The van der Waals surface area contributed by atoms with Crippen molar-refractivity contribution >= 4 is 63.4 Å². The molecule has 2 aromatic carbocycles. The molecule has 0 fully saturated rings. The number of hydrogen-bond acceptors (Lipinski definition) is 6. The van der Waals surface area contributed by atoms with Crippen LogP contribution in [0.25, 0.3) is 10.9 Å². The Kier molecular flexibility index (Phi) is 3.48. The van der Waals surface area contributed by atoms with E-state index < -0.39 is 0 Å². The number of aromatic amines is 1. The van der Waals surface area contributed by atoms with Crippen molar-refractivity contribution < 1.29 is 5.11 Å². The van der Waals surface area contributed by atoms with Gasteiger partial charge in [-0.1, -0.05) is 23.2 Å². The van der Waals surface area contributed by atoms with Crippen molar-refractivity contribution in [3.63, 3.8) is 0 Å². The van der Waals surface area contributed by atoms with E-state index in [2.05, 4.69) is 25.2 Å². The smallest absolute Gasteiger partial charge is 0.212 e. The van der Waals surface area contributed by atoms with E-state index in [1.807, 2.05) is 0 Å². The molecule has 0 radical (unpaired) electrons. The van der Waals surface area contributed by atoms with Crippen LogP contribution in [0.1, 0.15) is 0 Å². The highest BCUT2D eigenvalue weighted by molar-refractivity contribution is 7.98. The number of hydrogen-bond donors (Lipinski definition) is 4. The van der Waals surface area contributed by atoms with Crippen LogP contribution in [0.4, 0.5) is 11.4 Å². The number of guanidine groups is 1. The van der Waals surface area contributed by atoms with Gasteiger partial charge in [-0.15, -0.1) is 0 Å². The van der Waals surface area contributed by atoms with E-state index >= 15 is 0 Å². The summed E-state index contributed by atoms with van der Waals surface area (Å²) in [6, 6.07) is 6.79. The summed E-state index contributed by atoms with van der Waals surface area (Å²) in [5.74, 6) is 0.540. The molecule has 1 aliphatic rings. The normalized spacial score (nSPS) is 13.4. The molecule has 0 saturated heterocycles. The van der Waals surface area contributed by atoms with E-state index in [0.29, 0.717) is 21.7 Å². The molecule has 4 N–H and O–H groups in total. The van der Waals surface area contributed by atoms with E-state index in [4.69, 9.17) is 23.2 Å². The first-order valence-electron chi connectivity index (χ1n) is 6.54. The molecule has 0 atom stereocenters. The number of anilines is 2. The molecule has 23 heavy (non-hydrogen) atoms. The molecule has 2 heterocycles. The second kappa shape index (κ2) is 5.52. The summed E-state index contributed by atoms with van der Waals surface area (Å²) in [7, 11) is 0. The van der Waals surface area contributed by atoms with Crippen LogP contribution in [-0.2, 0) is 0 Å². The molecule has 0 aliphatic carbocycles. The summed E-state index contributed by atoms with van der Waals surface area (Å²) in [5.41, 5.74) is 2.13. The van der Waals surface area contributed by atoms with Crippen LogP contribution in [0.3, 0.4) is 0 Å². The number of phenols is 1. The molecule has 0 unspecified atom stereocenters. The number of rotatable bonds is 1. The van der Waals surface area contributed by atoms with Crippen molar-refractivity contribution in [1.82, 2.24) is 10.2 Å². The molecule has 116 valence electrons. The zero-order chi connectivity index (χ0) is 16.0. The molecule has 9 heteroatoms. The van der Waals surface area contributed by atoms with Gasteiger partial charge < -0.3 is 15.7 Å². The largest absolute Gasteiger partial charge is 0.506 e. The van der Waals surface area contributed by atoms with E-state index in [0.717, 1.165) is 21.5 Å². The Morgan fingerprint density at radius 1 is 1.13 bits per heavy atom. The van der Waals surface area contributed by atoms with Gasteiger partial charge in [-0.3, -0.25) is 5.10 Å². The Morgan fingerprint density at radius 3 is 2.83 bits per heavy atom. The third kappa shape index (κ3) is 2.67. The highest BCUT2D eigenvalue weighted by atomic mass is 35.5. The van der Waals surface area contributed by atoms with Crippen molar-refractivity contribution in [3.8, 4) is 5.75 Å². The predicted octanol–water partition coefficient (Wildman–Crippen LogP) is 4.48. The van der Waals surface area contributed by atoms with Gasteiger partial charge >= 0.3 is 0 Å². The minimum atomic E-state index is 0.0637. The molecule has 3 aromatic rings. The van der Waals surface area contributed by atoms with Gasteiger partial charge in [0.1, 0.15) is 5.75 Å². The van der Waals surface area contributed by atoms with E-state index in [1.54, 1.807) is 24.4 Å². The summed E-state index contributed by atoms with van der Waals surface area (Å²) in [6.07, 6.45) is 1.70. The average Bonchev–Trinajstić information content (AvgIpc) is 2.96. The molecule has 1 aromatic heterocycles. The van der Waals surface area contributed by atoms with Crippen LogP contribution in [0.2, 0.25) is 10.0 Å². The third-order valence-corrected chi connectivity index (χ3v) is 4.53. The van der Waals surface area contributed by atoms with E-state index in [-0.39, 0.29) is 5.75 Å². The lowest BCUT2D eigenvalue weighted by Gasteiger charge is -2.20. The molecule has 1 aliphatic heterocycles. The fourth-order valence-corrected chi connectivity index (χ4v) is 3.51. The summed E-state index contributed by atoms with van der Waals surface area (Å²) < 4.78 is 4.34. The standard InChI is InChI=1S/C14H9Cl2N5OS/c15-6-1-9(8-5-17-20-10(8)2-6)18-14-19-13-11(22)3-7(16)4-12(13)23-21-14/h1-5,22H,(H,17,20)(H2,18,19,21). The quantitative estimate of drug-likeness (QED) is 0.377. The number of nitrogens with one attached hydrogen (secondary N) is 3. The lowest BCUT2D eigenvalue weighted by molar-refractivity contribution is 0.476. The highest BCUT2D eigenvalue weighted by Gasteiger charge is 2.18. The molecule has 0 amide bonds. The summed E-state index contributed by atoms with van der Waals surface area (Å²) >= 11 is 13.3. The maximum absolute atomic E-state index is 10.0. The number of fused-ring (bicyclic) bond motifs is 2. The van der Waals surface area contributed by atoms with E-state index in [1.165, 1.54) is 18.0 Å². The Bertz CT molecular complexity index is 956. The van der Waals surface area contributed by atoms with Crippen molar-refractivity contribution in [2.45, 2.75) is 4.90 Å². The van der Waals surface area contributed by atoms with Crippen LogP contribution >= 0.6 is 35.1 Å². The second-order valence-corrected chi connectivity index (χ2v) is 6.54. The number of H-pyrrole nitrogens is 1. The molecule has 0 spiro atoms. The minimum Gasteiger partial charge on any atom is -0.506 e. The van der Waals surface area contributed by atoms with E-state index in [9.17, 15) is 5.11 Å². The topological polar surface area (TPSA) is 85.3 Å². The van der Waals surface area contributed by atoms with Gasteiger partial charge in [0.05, 0.1) is 28.0 Å². The first kappa shape index (κ1) is 14.5. The molecule has 0 bridgehead atoms. The Morgan fingerprint density at radius 2 is 1.96 bits per heavy atom. The van der Waals surface area contributed by atoms with Gasteiger partial charge in [-0.2, -0.15) is 9.50 Å². The van der Waals surface area contributed by atoms with Gasteiger partial charge in [0, 0.05) is 33.4 Å². The number of aromatic nitrogens is 2. The van der Waals surface area contributed by atoms with Gasteiger partial charge in [-0.05, 0) is 18.2 Å². The summed E-state index contributed by atoms with van der Waals surface area (Å²) in [6.45, 7) is 0. The number of nitrogens with zero attached hydrogens (tertiary/aromatic N) is 2. The molecule has 4 rings (SSSR count). The van der Waals surface area contributed by atoms with Crippen molar-refractivity contribution in [1.29, 1.82) is 0 Å². The maximum atomic E-state index is 10.0. The second-order valence-electron chi connectivity index (χ2n) is 4.86. The minimum absolute atomic E-state index is 0.0637. The molecule has 6 nitrogen and oxygen atoms in total. The van der Waals surface area contributed by atoms with Crippen LogP contribution in [0.5, 0.6) is 5.75 Å². The lowest BCUT2D eigenvalue weighted by atomic mass is 10.2. The highest BCUT2D eigenvalue weighted by Crippen LogP contribution is 2.41. The predicted molar refractivity (Wildman–Crippen MR) is 94.8 cm³/mol. The molecule has 0 saturated carbocycles. The Hall–Kier alpha value is -2.09. The summed E-state index contributed by atoms with van der Waals surface area (Å²) in [4.78, 5) is 0.750. The van der Waals surface area contributed by atoms with Crippen molar-refractivity contribution in [3.05, 3.63) is 40.5 Å². The summed E-state index contributed by atoms with van der Waals surface area (Å²) in [5, 5.41) is 25.0. The number of aromatic hydroxyl groups is 1. The average molecular weight is 366 g/mol. The fourth-order valence-electron chi connectivity index (χ4n) is 2.30. The van der Waals surface area contributed by atoms with Crippen LogP contribution in [-0.4, -0.2) is 21.3 Å². The van der Waals surface area contributed by atoms with Crippen LogP contribution in [0.15, 0.2) is 39.8 Å². The molecular weight excluding hydrogens is 357 g/mol. The van der Waals surface area contributed by atoms with Crippen molar-refractivity contribution in [2.75, 3.05) is 10.6 Å². The zero-order valence-corrected chi connectivity index (χ0v) is 13.7. The number of benzene rings is 2. The third-order valence-electron chi connectivity index (χ3n) is 3.30. The Balaban J connectivity index is 1.67. The van der Waals surface area contributed by atoms with Crippen molar-refractivity contribution in [2.24, 2.45) is 4.40 Å². The first-order chi connectivity index (χ1) is 11.1. The first-order valence-corrected chi connectivity index (χ1v) is 8.07. The zero-order valence-electron chi connectivity index (χ0n) is 11.4. The SMILES string of the molecule is Oc1cc(Cl)cc2c1NC(Nc1cc(Cl)cc3[nH]ncc13)=NS2. The maximum Gasteiger partial charge on any atom is 0.212 e. The van der Waals surface area contributed by atoms with Crippen LogP contribution in [0, 0.1) is 0 Å². The van der Waals surface area contributed by atoms with Gasteiger partial charge in [-0.25, -0.2) is 0 Å².